The molecular weight excluding hydrogens is 256 g/mol. The minimum atomic E-state index is -0.373. The Morgan fingerprint density at radius 1 is 1.35 bits per heavy atom. The lowest BCUT2D eigenvalue weighted by Crippen LogP contribution is -2.14. The molecule has 0 amide bonds. The highest BCUT2D eigenvalue weighted by atomic mass is 16.5. The van der Waals surface area contributed by atoms with E-state index in [9.17, 15) is 9.59 Å². The first-order valence-corrected chi connectivity index (χ1v) is 6.93. The van der Waals surface area contributed by atoms with Gasteiger partial charge < -0.3 is 9.47 Å². The molecule has 0 aromatic carbocycles. The van der Waals surface area contributed by atoms with Crippen molar-refractivity contribution < 1.29 is 19.1 Å². The largest absolute Gasteiger partial charge is 0.463 e. The molecule has 110 valence electrons. The van der Waals surface area contributed by atoms with Crippen molar-refractivity contribution in [1.82, 2.24) is 0 Å². The molecule has 0 saturated carbocycles. The fraction of sp³-hybridized carbons (Fsp3) is 0.500. The molecule has 1 atom stereocenters. The van der Waals surface area contributed by atoms with E-state index in [1.165, 1.54) is 6.08 Å². The minimum Gasteiger partial charge on any atom is -0.463 e. The average molecular weight is 278 g/mol. The van der Waals surface area contributed by atoms with Crippen LogP contribution in [-0.2, 0) is 19.1 Å². The number of allylic oxidation sites excluding steroid dienone is 2. The molecule has 0 aliphatic heterocycles. The Bertz CT molecular complexity index is 407. The van der Waals surface area contributed by atoms with Gasteiger partial charge in [-0.1, -0.05) is 24.8 Å². The van der Waals surface area contributed by atoms with Gasteiger partial charge in [0, 0.05) is 18.3 Å². The molecule has 0 spiro atoms. The van der Waals surface area contributed by atoms with E-state index >= 15 is 0 Å². The molecule has 4 heteroatoms. The number of rotatable bonds is 9. The summed E-state index contributed by atoms with van der Waals surface area (Å²) in [5.41, 5.74) is 0.758. The van der Waals surface area contributed by atoms with Crippen LogP contribution in [0.4, 0.5) is 0 Å². The molecule has 0 saturated heterocycles. The molecule has 1 aliphatic carbocycles. The number of hydrogen-bond donors (Lipinski definition) is 0. The van der Waals surface area contributed by atoms with Crippen LogP contribution in [0.5, 0.6) is 0 Å². The van der Waals surface area contributed by atoms with E-state index in [0.29, 0.717) is 13.2 Å². The van der Waals surface area contributed by atoms with Gasteiger partial charge in [0.2, 0.25) is 0 Å². The van der Waals surface area contributed by atoms with E-state index in [0.717, 1.165) is 31.3 Å². The van der Waals surface area contributed by atoms with Crippen molar-refractivity contribution in [2.24, 2.45) is 0 Å². The molecule has 0 fully saturated rings. The van der Waals surface area contributed by atoms with Crippen molar-refractivity contribution in [1.29, 1.82) is 0 Å². The molecule has 0 radical (unpaired) electrons. The lowest BCUT2D eigenvalue weighted by atomic mass is 10.0. The molecule has 0 N–H and O–H groups in total. The van der Waals surface area contributed by atoms with Crippen LogP contribution in [-0.4, -0.2) is 31.1 Å². The third-order valence-corrected chi connectivity index (χ3v) is 3.00. The average Bonchev–Trinajstić information content (AvgIpc) is 2.46. The van der Waals surface area contributed by atoms with Gasteiger partial charge in [0.05, 0.1) is 12.7 Å². The monoisotopic (exact) mass is 278 g/mol. The van der Waals surface area contributed by atoms with Crippen LogP contribution in [0.15, 0.2) is 36.5 Å². The number of esters is 1. The zero-order valence-corrected chi connectivity index (χ0v) is 12.0. The van der Waals surface area contributed by atoms with Gasteiger partial charge in [-0.05, 0) is 32.6 Å². The molecule has 4 nitrogen and oxygen atoms in total. The Kier molecular flexibility index (Phi) is 7.58. The first-order chi connectivity index (χ1) is 9.63. The predicted octanol–water partition coefficient (Wildman–Crippen LogP) is 2.75. The number of ether oxygens (including phenoxy) is 2. The van der Waals surface area contributed by atoms with Gasteiger partial charge in [0.15, 0.2) is 5.78 Å². The minimum absolute atomic E-state index is 0.0664. The summed E-state index contributed by atoms with van der Waals surface area (Å²) in [6.07, 6.45) is 10.4. The topological polar surface area (TPSA) is 52.6 Å². The van der Waals surface area contributed by atoms with Gasteiger partial charge in [-0.3, -0.25) is 4.79 Å². The molecule has 0 aromatic heterocycles. The zero-order valence-electron chi connectivity index (χ0n) is 12.0. The smallest absolute Gasteiger partial charge is 0.330 e. The number of hydrogen-bond acceptors (Lipinski definition) is 4. The van der Waals surface area contributed by atoms with E-state index in [1.54, 1.807) is 6.92 Å². The Labute approximate surface area is 120 Å². The van der Waals surface area contributed by atoms with Gasteiger partial charge in [0.25, 0.3) is 0 Å². The van der Waals surface area contributed by atoms with Crippen molar-refractivity contribution >= 4 is 11.8 Å². The lowest BCUT2D eigenvalue weighted by Gasteiger charge is -2.16. The van der Waals surface area contributed by atoms with Crippen LogP contribution in [0.1, 0.15) is 32.6 Å². The van der Waals surface area contributed by atoms with Crippen molar-refractivity contribution in [3.63, 3.8) is 0 Å². The zero-order chi connectivity index (χ0) is 14.8. The Hall–Kier alpha value is -1.68. The van der Waals surface area contributed by atoms with Crippen LogP contribution in [0.3, 0.4) is 0 Å². The summed E-state index contributed by atoms with van der Waals surface area (Å²) in [5, 5.41) is 0. The quantitative estimate of drug-likeness (QED) is 0.370. The SMILES string of the molecule is C=CC(=O)OCCCCCOC1C=CC(C(C)=O)=CC1. The third kappa shape index (κ3) is 6.48. The van der Waals surface area contributed by atoms with Crippen molar-refractivity contribution in [3.8, 4) is 0 Å². The Morgan fingerprint density at radius 2 is 2.10 bits per heavy atom. The fourth-order valence-corrected chi connectivity index (χ4v) is 1.83. The highest BCUT2D eigenvalue weighted by molar-refractivity contribution is 5.96. The standard InChI is InChI=1S/C16H22O4/c1-3-16(18)20-12-6-4-5-11-19-15-9-7-14(8-10-15)13(2)17/h3,7-9,15H,1,4-6,10-12H2,2H3. The first kappa shape index (κ1) is 16.4. The number of unbranched alkanes of at least 4 members (excludes halogenated alkanes) is 2. The van der Waals surface area contributed by atoms with E-state index < -0.39 is 0 Å². The second-order valence-electron chi connectivity index (χ2n) is 4.65. The maximum absolute atomic E-state index is 11.1. The lowest BCUT2D eigenvalue weighted by molar-refractivity contribution is -0.137. The van der Waals surface area contributed by atoms with Gasteiger partial charge in [-0.15, -0.1) is 0 Å². The summed E-state index contributed by atoms with van der Waals surface area (Å²) in [7, 11) is 0. The summed E-state index contributed by atoms with van der Waals surface area (Å²) in [4.78, 5) is 21.9. The predicted molar refractivity (Wildman–Crippen MR) is 77.3 cm³/mol. The van der Waals surface area contributed by atoms with Crippen molar-refractivity contribution in [3.05, 3.63) is 36.5 Å². The normalized spacial score (nSPS) is 17.4. The second kappa shape index (κ2) is 9.26. The van der Waals surface area contributed by atoms with Gasteiger partial charge >= 0.3 is 5.97 Å². The number of carbonyl (C=O) groups is 2. The molecule has 0 aromatic rings. The molecular formula is C16H22O4. The molecule has 1 aliphatic rings. The van der Waals surface area contributed by atoms with Crippen LogP contribution in [0, 0.1) is 0 Å². The molecule has 20 heavy (non-hydrogen) atoms. The number of carbonyl (C=O) groups excluding carboxylic acids is 2. The van der Waals surface area contributed by atoms with E-state index in [1.807, 2.05) is 18.2 Å². The molecule has 0 bridgehead atoms. The van der Waals surface area contributed by atoms with Crippen LogP contribution >= 0.6 is 0 Å². The van der Waals surface area contributed by atoms with Gasteiger partial charge in [-0.2, -0.15) is 0 Å². The summed E-state index contributed by atoms with van der Waals surface area (Å²) >= 11 is 0. The van der Waals surface area contributed by atoms with E-state index in [-0.39, 0.29) is 17.9 Å². The third-order valence-electron chi connectivity index (χ3n) is 3.00. The molecule has 1 rings (SSSR count). The summed E-state index contributed by atoms with van der Waals surface area (Å²) in [6, 6.07) is 0. The summed E-state index contributed by atoms with van der Waals surface area (Å²) in [6.45, 7) is 6.00. The maximum atomic E-state index is 11.1. The van der Waals surface area contributed by atoms with Crippen LogP contribution in [0.2, 0.25) is 0 Å². The van der Waals surface area contributed by atoms with Crippen molar-refractivity contribution in [2.75, 3.05) is 13.2 Å². The van der Waals surface area contributed by atoms with E-state index in [4.69, 9.17) is 9.47 Å². The summed E-state index contributed by atoms with van der Waals surface area (Å²) in [5.74, 6) is -0.282. The van der Waals surface area contributed by atoms with Crippen molar-refractivity contribution in [2.45, 2.75) is 38.7 Å². The first-order valence-electron chi connectivity index (χ1n) is 6.93. The second-order valence-corrected chi connectivity index (χ2v) is 4.65. The fourth-order valence-electron chi connectivity index (χ4n) is 1.83. The number of Topliss-reactive ketones (excluding diaryl/α,β-unsaturated/α-hetero) is 1. The highest BCUT2D eigenvalue weighted by Crippen LogP contribution is 2.14. The Morgan fingerprint density at radius 3 is 2.70 bits per heavy atom. The molecule has 0 heterocycles. The molecule has 1 unspecified atom stereocenters. The summed E-state index contributed by atoms with van der Waals surface area (Å²) < 4.78 is 10.6. The van der Waals surface area contributed by atoms with Gasteiger partial charge in [-0.25, -0.2) is 4.79 Å². The van der Waals surface area contributed by atoms with Crippen LogP contribution < -0.4 is 0 Å². The Balaban J connectivity index is 2.01. The number of ketones is 1. The van der Waals surface area contributed by atoms with Crippen LogP contribution in [0.25, 0.3) is 0 Å². The maximum Gasteiger partial charge on any atom is 0.330 e. The highest BCUT2D eigenvalue weighted by Gasteiger charge is 2.10. The van der Waals surface area contributed by atoms with Gasteiger partial charge in [0.1, 0.15) is 0 Å². The van der Waals surface area contributed by atoms with E-state index in [2.05, 4.69) is 6.58 Å².